The van der Waals surface area contributed by atoms with Gasteiger partial charge in [-0.05, 0) is 73.2 Å². The molecule has 0 aromatic heterocycles. The molecule has 3 aromatic rings. The molecule has 1 aliphatic heterocycles. The van der Waals surface area contributed by atoms with E-state index in [0.717, 1.165) is 30.0 Å². The van der Waals surface area contributed by atoms with Crippen LogP contribution in [0.2, 0.25) is 5.02 Å². The van der Waals surface area contributed by atoms with Crippen LogP contribution in [0, 0.1) is 0 Å². The molecule has 0 bridgehead atoms. The summed E-state index contributed by atoms with van der Waals surface area (Å²) in [7, 11) is 0. The van der Waals surface area contributed by atoms with Crippen molar-refractivity contribution in [2.24, 2.45) is 0 Å². The summed E-state index contributed by atoms with van der Waals surface area (Å²) in [6.07, 6.45) is 5.83. The van der Waals surface area contributed by atoms with Gasteiger partial charge in [0.1, 0.15) is 11.4 Å². The molecule has 2 atom stereocenters. The number of hydrogen-bond donors (Lipinski definition) is 1. The molecule has 2 nitrogen and oxygen atoms in total. The molecular weight excluding hydrogens is 366 g/mol. The number of ether oxygens (including phenoxy) is 1. The van der Waals surface area contributed by atoms with Crippen LogP contribution in [0.1, 0.15) is 62.2 Å². The van der Waals surface area contributed by atoms with Crippen molar-refractivity contribution in [1.82, 2.24) is 5.32 Å². The van der Waals surface area contributed by atoms with E-state index in [-0.39, 0.29) is 17.7 Å². The molecule has 0 saturated heterocycles. The Hall–Kier alpha value is -2.03. The summed E-state index contributed by atoms with van der Waals surface area (Å²) in [5.41, 5.74) is 2.49. The molecule has 3 aromatic carbocycles. The first-order valence-corrected chi connectivity index (χ1v) is 10.7. The van der Waals surface area contributed by atoms with E-state index in [1.807, 2.05) is 12.1 Å². The standard InChI is InChI=1S/C25H26ClNO/c1-17(19-9-8-18-6-2-3-7-20(18)14-19)27-23-16-25(12-4-5-13-25)28-24-11-10-21(26)15-22(23)24/h2-3,6-11,14-15,17,23,27H,4-5,12-13,16H2,1H3. The largest absolute Gasteiger partial charge is 0.487 e. The molecule has 1 saturated carbocycles. The van der Waals surface area contributed by atoms with E-state index in [4.69, 9.17) is 16.3 Å². The van der Waals surface area contributed by atoms with Gasteiger partial charge in [-0.15, -0.1) is 0 Å². The highest BCUT2D eigenvalue weighted by Crippen LogP contribution is 2.48. The molecule has 2 aliphatic rings. The third kappa shape index (κ3) is 3.29. The Kier molecular flexibility index (Phi) is 4.57. The predicted octanol–water partition coefficient (Wildman–Crippen LogP) is 6.98. The smallest absolute Gasteiger partial charge is 0.125 e. The van der Waals surface area contributed by atoms with Crippen molar-refractivity contribution in [1.29, 1.82) is 0 Å². The summed E-state index contributed by atoms with van der Waals surface area (Å²) in [6, 6.07) is 21.9. The molecule has 3 heteroatoms. The molecule has 144 valence electrons. The van der Waals surface area contributed by atoms with E-state index in [0.29, 0.717) is 0 Å². The van der Waals surface area contributed by atoms with Gasteiger partial charge in [0.2, 0.25) is 0 Å². The third-order valence-electron chi connectivity index (χ3n) is 6.49. The van der Waals surface area contributed by atoms with Crippen LogP contribution in [0.4, 0.5) is 0 Å². The normalized spacial score (nSPS) is 21.4. The zero-order chi connectivity index (χ0) is 19.1. The van der Waals surface area contributed by atoms with Gasteiger partial charge in [-0.3, -0.25) is 0 Å². The molecule has 0 amide bonds. The van der Waals surface area contributed by atoms with Crippen molar-refractivity contribution in [3.05, 3.63) is 76.8 Å². The molecule has 1 spiro atoms. The molecule has 0 radical (unpaired) electrons. The van der Waals surface area contributed by atoms with Crippen LogP contribution in [-0.2, 0) is 0 Å². The van der Waals surface area contributed by atoms with Gasteiger partial charge in [-0.1, -0.05) is 48.0 Å². The van der Waals surface area contributed by atoms with Gasteiger partial charge in [-0.2, -0.15) is 0 Å². The van der Waals surface area contributed by atoms with Crippen molar-refractivity contribution in [2.75, 3.05) is 0 Å². The monoisotopic (exact) mass is 391 g/mol. The third-order valence-corrected chi connectivity index (χ3v) is 6.72. The van der Waals surface area contributed by atoms with Gasteiger partial charge in [-0.25, -0.2) is 0 Å². The van der Waals surface area contributed by atoms with E-state index >= 15 is 0 Å². The van der Waals surface area contributed by atoms with Gasteiger partial charge in [0.05, 0.1) is 0 Å². The van der Waals surface area contributed by atoms with Crippen LogP contribution in [0.25, 0.3) is 10.8 Å². The van der Waals surface area contributed by atoms with Crippen LogP contribution >= 0.6 is 11.6 Å². The van der Waals surface area contributed by atoms with Gasteiger partial charge >= 0.3 is 0 Å². The first kappa shape index (κ1) is 18.0. The second-order valence-corrected chi connectivity index (χ2v) is 8.86. The Morgan fingerprint density at radius 1 is 1.00 bits per heavy atom. The average Bonchev–Trinajstić information content (AvgIpc) is 3.15. The maximum Gasteiger partial charge on any atom is 0.125 e. The number of benzene rings is 3. The number of nitrogens with one attached hydrogen (secondary N) is 1. The highest BCUT2D eigenvalue weighted by Gasteiger charge is 2.43. The highest BCUT2D eigenvalue weighted by molar-refractivity contribution is 6.30. The van der Waals surface area contributed by atoms with Gasteiger partial charge in [0, 0.05) is 29.1 Å². The SMILES string of the molecule is CC(NC1CC2(CCCC2)Oc2ccc(Cl)cc21)c1ccc2ccccc2c1. The lowest BCUT2D eigenvalue weighted by atomic mass is 9.85. The fraction of sp³-hybridized carbons (Fsp3) is 0.360. The number of rotatable bonds is 3. The van der Waals surface area contributed by atoms with Crippen molar-refractivity contribution >= 4 is 22.4 Å². The minimum absolute atomic E-state index is 0.0123. The zero-order valence-corrected chi connectivity index (χ0v) is 17.0. The van der Waals surface area contributed by atoms with E-state index in [1.165, 1.54) is 34.7 Å². The summed E-state index contributed by atoms with van der Waals surface area (Å²) in [6.45, 7) is 2.26. The molecule has 2 unspecified atom stereocenters. The van der Waals surface area contributed by atoms with E-state index < -0.39 is 0 Å². The predicted molar refractivity (Wildman–Crippen MR) is 116 cm³/mol. The minimum Gasteiger partial charge on any atom is -0.487 e. The van der Waals surface area contributed by atoms with Crippen LogP contribution in [-0.4, -0.2) is 5.60 Å². The van der Waals surface area contributed by atoms with Crippen LogP contribution < -0.4 is 10.1 Å². The Morgan fingerprint density at radius 2 is 1.79 bits per heavy atom. The Morgan fingerprint density at radius 3 is 2.61 bits per heavy atom. The summed E-state index contributed by atoms with van der Waals surface area (Å²) in [4.78, 5) is 0. The second kappa shape index (κ2) is 7.09. The van der Waals surface area contributed by atoms with Crippen molar-refractivity contribution in [2.45, 2.75) is 56.7 Å². The van der Waals surface area contributed by atoms with Gasteiger partial charge < -0.3 is 10.1 Å². The van der Waals surface area contributed by atoms with Crippen molar-refractivity contribution in [3.8, 4) is 5.75 Å². The van der Waals surface area contributed by atoms with Crippen molar-refractivity contribution in [3.63, 3.8) is 0 Å². The summed E-state index contributed by atoms with van der Waals surface area (Å²) in [5, 5.41) is 7.24. The van der Waals surface area contributed by atoms with E-state index in [2.05, 4.69) is 60.8 Å². The molecule has 1 aliphatic carbocycles. The summed E-state index contributed by atoms with van der Waals surface area (Å²) >= 11 is 6.33. The minimum atomic E-state index is -0.0123. The van der Waals surface area contributed by atoms with Crippen molar-refractivity contribution < 1.29 is 4.74 Å². The second-order valence-electron chi connectivity index (χ2n) is 8.43. The highest BCUT2D eigenvalue weighted by atomic mass is 35.5. The number of halogens is 1. The molecule has 1 N–H and O–H groups in total. The van der Waals surface area contributed by atoms with Crippen LogP contribution in [0.3, 0.4) is 0 Å². The summed E-state index contributed by atoms with van der Waals surface area (Å²) < 4.78 is 6.51. The lowest BCUT2D eigenvalue weighted by molar-refractivity contribution is 0.0351. The van der Waals surface area contributed by atoms with Crippen LogP contribution in [0.5, 0.6) is 5.75 Å². The van der Waals surface area contributed by atoms with E-state index in [9.17, 15) is 0 Å². The average molecular weight is 392 g/mol. The van der Waals surface area contributed by atoms with Gasteiger partial charge in [0.15, 0.2) is 0 Å². The quantitative estimate of drug-likeness (QED) is 0.519. The fourth-order valence-corrected chi connectivity index (χ4v) is 5.17. The van der Waals surface area contributed by atoms with Gasteiger partial charge in [0.25, 0.3) is 0 Å². The Balaban J connectivity index is 1.46. The maximum atomic E-state index is 6.51. The zero-order valence-electron chi connectivity index (χ0n) is 16.2. The lowest BCUT2D eigenvalue weighted by Gasteiger charge is -2.41. The number of hydrogen-bond acceptors (Lipinski definition) is 2. The first-order chi connectivity index (χ1) is 13.6. The van der Waals surface area contributed by atoms with E-state index in [1.54, 1.807) is 0 Å². The molecule has 28 heavy (non-hydrogen) atoms. The molecule has 1 heterocycles. The summed E-state index contributed by atoms with van der Waals surface area (Å²) in [5.74, 6) is 1.00. The first-order valence-electron chi connectivity index (χ1n) is 10.4. The Bertz CT molecular complexity index is 1010. The maximum absolute atomic E-state index is 6.51. The number of fused-ring (bicyclic) bond motifs is 2. The lowest BCUT2D eigenvalue weighted by Crippen LogP contribution is -2.42. The Labute approximate surface area is 171 Å². The molecule has 1 fully saturated rings. The van der Waals surface area contributed by atoms with Crippen LogP contribution in [0.15, 0.2) is 60.7 Å². The fourth-order valence-electron chi connectivity index (χ4n) is 4.99. The molecule has 5 rings (SSSR count). The molecular formula is C25H26ClNO. The topological polar surface area (TPSA) is 21.3 Å².